The molecule has 0 saturated carbocycles. The summed E-state index contributed by atoms with van der Waals surface area (Å²) in [4.78, 5) is 30.3. The summed E-state index contributed by atoms with van der Waals surface area (Å²) in [6.45, 7) is 6.72. The molecule has 4 rings (SSSR count). The Morgan fingerprint density at radius 3 is 2.17 bits per heavy atom. The number of nitriles is 1. The molecule has 0 aliphatic carbocycles. The van der Waals surface area contributed by atoms with E-state index in [1.54, 1.807) is 30.6 Å². The first-order valence-corrected chi connectivity index (χ1v) is 9.94. The number of nitrogens with zero attached hydrogens (tertiary/aromatic N) is 7. The Morgan fingerprint density at radius 1 is 0.931 bits per heavy atom. The van der Waals surface area contributed by atoms with Crippen molar-refractivity contribution in [1.29, 1.82) is 5.26 Å². The van der Waals surface area contributed by atoms with Crippen molar-refractivity contribution in [3.05, 3.63) is 47.8 Å². The van der Waals surface area contributed by atoms with E-state index < -0.39 is 0 Å². The molecule has 3 heterocycles. The molecule has 0 N–H and O–H groups in total. The number of amides is 1. The van der Waals surface area contributed by atoms with Crippen molar-refractivity contribution >= 4 is 17.5 Å². The fourth-order valence-corrected chi connectivity index (χ4v) is 3.76. The summed E-state index contributed by atoms with van der Waals surface area (Å²) in [5, 5.41) is 9.05. The fourth-order valence-electron chi connectivity index (χ4n) is 3.76. The summed E-state index contributed by atoms with van der Waals surface area (Å²) >= 11 is 0. The van der Waals surface area contributed by atoms with Gasteiger partial charge in [0.1, 0.15) is 18.0 Å². The normalized spacial score (nSPS) is 17.9. The zero-order chi connectivity index (χ0) is 20.2. The van der Waals surface area contributed by atoms with Crippen molar-refractivity contribution in [1.82, 2.24) is 19.8 Å². The average molecular weight is 391 g/mol. The van der Waals surface area contributed by atoms with Gasteiger partial charge in [-0.05, 0) is 25.2 Å². The van der Waals surface area contributed by atoms with Crippen LogP contribution in [0.2, 0.25) is 0 Å². The van der Waals surface area contributed by atoms with Crippen LogP contribution in [-0.4, -0.2) is 85.1 Å². The van der Waals surface area contributed by atoms with Crippen LogP contribution < -0.4 is 9.80 Å². The summed E-state index contributed by atoms with van der Waals surface area (Å²) in [5.41, 5.74) is 1.07. The second kappa shape index (κ2) is 8.45. The Kier molecular flexibility index (Phi) is 5.58. The highest BCUT2D eigenvalue weighted by molar-refractivity contribution is 5.94. The van der Waals surface area contributed by atoms with Crippen molar-refractivity contribution in [2.24, 2.45) is 0 Å². The number of hydrogen-bond donors (Lipinski definition) is 0. The molecule has 0 unspecified atom stereocenters. The van der Waals surface area contributed by atoms with Gasteiger partial charge in [0.05, 0.1) is 11.6 Å². The zero-order valence-electron chi connectivity index (χ0n) is 16.7. The minimum absolute atomic E-state index is 0.0254. The van der Waals surface area contributed by atoms with E-state index in [1.165, 1.54) is 0 Å². The molecule has 0 radical (unpaired) electrons. The Bertz CT molecular complexity index is 909. The monoisotopic (exact) mass is 391 g/mol. The fraction of sp³-hybridized carbons (Fsp3) is 0.429. The van der Waals surface area contributed by atoms with Crippen LogP contribution in [0, 0.1) is 11.3 Å². The van der Waals surface area contributed by atoms with Gasteiger partial charge in [0.15, 0.2) is 0 Å². The van der Waals surface area contributed by atoms with Crippen LogP contribution in [0.25, 0.3) is 0 Å². The van der Waals surface area contributed by atoms with E-state index in [1.807, 2.05) is 4.90 Å². The number of likely N-dealkylation sites (N-methyl/N-ethyl adjacent to an activating group) is 1. The molecule has 1 amide bonds. The molecule has 2 aliphatic rings. The third-order valence-electron chi connectivity index (χ3n) is 5.59. The van der Waals surface area contributed by atoms with Gasteiger partial charge >= 0.3 is 0 Å². The highest BCUT2D eigenvalue weighted by Gasteiger charge is 2.24. The van der Waals surface area contributed by atoms with Gasteiger partial charge in [-0.3, -0.25) is 4.79 Å². The number of carbonyl (C=O) groups excluding carboxylic acids is 1. The zero-order valence-corrected chi connectivity index (χ0v) is 16.7. The molecule has 2 saturated heterocycles. The van der Waals surface area contributed by atoms with Gasteiger partial charge in [-0.1, -0.05) is 6.07 Å². The maximum absolute atomic E-state index is 12.8. The number of aromatic nitrogens is 2. The van der Waals surface area contributed by atoms with Crippen LogP contribution in [0.5, 0.6) is 0 Å². The van der Waals surface area contributed by atoms with Crippen LogP contribution in [-0.2, 0) is 0 Å². The van der Waals surface area contributed by atoms with Gasteiger partial charge in [0, 0.05) is 64.0 Å². The quantitative estimate of drug-likeness (QED) is 0.774. The van der Waals surface area contributed by atoms with E-state index >= 15 is 0 Å². The Labute approximate surface area is 171 Å². The van der Waals surface area contributed by atoms with Crippen molar-refractivity contribution in [2.75, 3.05) is 69.2 Å². The molecule has 0 bridgehead atoms. The van der Waals surface area contributed by atoms with Gasteiger partial charge in [-0.15, -0.1) is 0 Å². The van der Waals surface area contributed by atoms with E-state index in [2.05, 4.69) is 43.9 Å². The molecule has 8 nitrogen and oxygen atoms in total. The topological polar surface area (TPSA) is 79.6 Å². The third-order valence-corrected chi connectivity index (χ3v) is 5.59. The van der Waals surface area contributed by atoms with E-state index in [0.717, 1.165) is 50.9 Å². The molecule has 2 fully saturated rings. The standard InChI is InChI=1S/C21H25N7O/c1-25-5-7-26(8-6-25)19-14-20(24-16-23-19)27-9-11-28(12-10-27)21(29)18-4-2-3-17(13-18)15-22/h2-4,13-14,16H,5-12H2,1H3. The maximum Gasteiger partial charge on any atom is 0.254 e. The van der Waals surface area contributed by atoms with Crippen molar-refractivity contribution < 1.29 is 4.79 Å². The molecule has 8 heteroatoms. The molecule has 29 heavy (non-hydrogen) atoms. The lowest BCUT2D eigenvalue weighted by molar-refractivity contribution is 0.0746. The van der Waals surface area contributed by atoms with Crippen molar-refractivity contribution in [3.8, 4) is 6.07 Å². The molecule has 1 aromatic carbocycles. The van der Waals surface area contributed by atoms with Crippen molar-refractivity contribution in [3.63, 3.8) is 0 Å². The Hall–Kier alpha value is -3.18. The minimum atomic E-state index is -0.0254. The largest absolute Gasteiger partial charge is 0.354 e. The number of hydrogen-bond acceptors (Lipinski definition) is 7. The number of rotatable bonds is 3. The second-order valence-electron chi connectivity index (χ2n) is 7.50. The predicted octanol–water partition coefficient (Wildman–Crippen LogP) is 1.06. The first kappa shape index (κ1) is 19.2. The van der Waals surface area contributed by atoms with Gasteiger partial charge in [0.2, 0.25) is 0 Å². The van der Waals surface area contributed by atoms with Crippen LogP contribution in [0.4, 0.5) is 11.6 Å². The first-order valence-electron chi connectivity index (χ1n) is 9.94. The molecule has 0 spiro atoms. The van der Waals surface area contributed by atoms with E-state index in [4.69, 9.17) is 5.26 Å². The summed E-state index contributed by atoms with van der Waals surface area (Å²) in [5.74, 6) is 1.85. The SMILES string of the molecule is CN1CCN(c2cc(N3CCN(C(=O)c4cccc(C#N)c4)CC3)ncn2)CC1. The number of piperazine rings is 2. The van der Waals surface area contributed by atoms with Crippen LogP contribution >= 0.6 is 0 Å². The first-order chi connectivity index (χ1) is 14.1. The number of benzene rings is 1. The lowest BCUT2D eigenvalue weighted by atomic mass is 10.1. The highest BCUT2D eigenvalue weighted by Crippen LogP contribution is 2.20. The maximum atomic E-state index is 12.8. The molecular weight excluding hydrogens is 366 g/mol. The molecule has 2 aliphatic heterocycles. The second-order valence-corrected chi connectivity index (χ2v) is 7.50. The highest BCUT2D eigenvalue weighted by atomic mass is 16.2. The van der Waals surface area contributed by atoms with Crippen LogP contribution in [0.3, 0.4) is 0 Å². The lowest BCUT2D eigenvalue weighted by Gasteiger charge is -2.36. The molecule has 2 aromatic rings. The Balaban J connectivity index is 1.39. The molecule has 150 valence electrons. The summed E-state index contributed by atoms with van der Waals surface area (Å²) in [7, 11) is 2.14. The van der Waals surface area contributed by atoms with E-state index in [-0.39, 0.29) is 5.91 Å². The summed E-state index contributed by atoms with van der Waals surface area (Å²) in [6.07, 6.45) is 1.63. The molecule has 0 atom stereocenters. The van der Waals surface area contributed by atoms with Gasteiger partial charge < -0.3 is 19.6 Å². The smallest absolute Gasteiger partial charge is 0.254 e. The number of carbonyl (C=O) groups is 1. The summed E-state index contributed by atoms with van der Waals surface area (Å²) < 4.78 is 0. The van der Waals surface area contributed by atoms with E-state index in [0.29, 0.717) is 24.2 Å². The predicted molar refractivity (Wildman–Crippen MR) is 111 cm³/mol. The lowest BCUT2D eigenvalue weighted by Crippen LogP contribution is -2.49. The summed E-state index contributed by atoms with van der Waals surface area (Å²) in [6, 6.07) is 11.0. The van der Waals surface area contributed by atoms with Crippen molar-refractivity contribution in [2.45, 2.75) is 0 Å². The van der Waals surface area contributed by atoms with Gasteiger partial charge in [0.25, 0.3) is 5.91 Å². The Morgan fingerprint density at radius 2 is 1.55 bits per heavy atom. The third kappa shape index (κ3) is 4.30. The van der Waals surface area contributed by atoms with Crippen LogP contribution in [0.15, 0.2) is 36.7 Å². The van der Waals surface area contributed by atoms with E-state index in [9.17, 15) is 4.79 Å². The number of anilines is 2. The molecule has 1 aromatic heterocycles. The average Bonchev–Trinajstić information content (AvgIpc) is 2.79. The van der Waals surface area contributed by atoms with Crippen LogP contribution in [0.1, 0.15) is 15.9 Å². The van der Waals surface area contributed by atoms with Gasteiger partial charge in [-0.25, -0.2) is 9.97 Å². The van der Waals surface area contributed by atoms with Gasteiger partial charge in [-0.2, -0.15) is 5.26 Å². The molecular formula is C21H25N7O. The minimum Gasteiger partial charge on any atom is -0.354 e.